The van der Waals surface area contributed by atoms with Crippen molar-refractivity contribution in [2.75, 3.05) is 6.61 Å². The fraction of sp³-hybridized carbons (Fsp3) is 0.861. The fourth-order valence-electron chi connectivity index (χ4n) is 5.88. The van der Waals surface area contributed by atoms with Gasteiger partial charge < -0.3 is 46.0 Å². The van der Waals surface area contributed by atoms with Crippen LogP contribution in [0.5, 0.6) is 0 Å². The Labute approximate surface area is 299 Å². The maximum Gasteiger partial charge on any atom is 0.472 e. The van der Waals surface area contributed by atoms with E-state index < -0.39 is 75.2 Å². The molecule has 0 spiro atoms. The van der Waals surface area contributed by atoms with E-state index in [-0.39, 0.29) is 12.8 Å². The molecule has 0 saturated heterocycles. The van der Waals surface area contributed by atoms with Crippen LogP contribution in [0.2, 0.25) is 0 Å². The number of phosphoric acid groups is 1. The summed E-state index contributed by atoms with van der Waals surface area (Å²) in [5.74, 6) is -0.579. The Hall–Kier alpha value is -1.22. The molecule has 0 aromatic carbocycles. The number of aliphatic hydroxyl groups is 7. The largest absolute Gasteiger partial charge is 0.472 e. The van der Waals surface area contributed by atoms with Crippen LogP contribution in [0, 0.1) is 0 Å². The van der Waals surface area contributed by atoms with Gasteiger partial charge >= 0.3 is 7.82 Å². The number of allylic oxidation sites excluding steroid dienone is 4. The maximum atomic E-state index is 12.9. The van der Waals surface area contributed by atoms with E-state index >= 15 is 0 Å². The Morgan fingerprint density at radius 1 is 0.700 bits per heavy atom. The van der Waals surface area contributed by atoms with Crippen LogP contribution in [0.1, 0.15) is 136 Å². The summed E-state index contributed by atoms with van der Waals surface area (Å²) in [6, 6.07) is -1.16. The third-order valence-corrected chi connectivity index (χ3v) is 10.1. The number of phosphoric ester groups is 1. The molecule has 1 rings (SSSR count). The van der Waals surface area contributed by atoms with Crippen LogP contribution < -0.4 is 5.32 Å². The van der Waals surface area contributed by atoms with E-state index in [1.165, 1.54) is 19.3 Å². The first-order chi connectivity index (χ1) is 23.8. The second-order valence-electron chi connectivity index (χ2n) is 13.6. The number of aliphatic hydroxyl groups excluding tert-OH is 7. The number of rotatable bonds is 29. The van der Waals surface area contributed by atoms with Crippen molar-refractivity contribution in [2.45, 2.75) is 191 Å². The van der Waals surface area contributed by atoms with Gasteiger partial charge in [0.15, 0.2) is 0 Å². The first kappa shape index (κ1) is 46.8. The summed E-state index contributed by atoms with van der Waals surface area (Å²) in [4.78, 5) is 23.2. The first-order valence-electron chi connectivity index (χ1n) is 18.9. The molecule has 1 aliphatic rings. The average molecular weight is 738 g/mol. The van der Waals surface area contributed by atoms with Gasteiger partial charge in [0, 0.05) is 0 Å². The summed E-state index contributed by atoms with van der Waals surface area (Å²) in [7, 11) is -5.10. The van der Waals surface area contributed by atoms with Gasteiger partial charge in [0.25, 0.3) is 0 Å². The average Bonchev–Trinajstić information content (AvgIpc) is 3.08. The van der Waals surface area contributed by atoms with E-state index in [1.54, 1.807) is 0 Å². The summed E-state index contributed by atoms with van der Waals surface area (Å²) in [5.41, 5.74) is 0. The SMILES string of the molecule is CCCCC/C=C\C=C/CCCCCCC(O)CC(=O)NC(COP(=O)(O)OC1C(O)C(O)C(O)C(O)C1O)C(O)CCCCCCCCC. The summed E-state index contributed by atoms with van der Waals surface area (Å²) in [5, 5.41) is 73.9. The zero-order valence-electron chi connectivity index (χ0n) is 30.3. The van der Waals surface area contributed by atoms with Gasteiger partial charge in [0.1, 0.15) is 36.6 Å². The molecule has 0 radical (unpaired) electrons. The van der Waals surface area contributed by atoms with Gasteiger partial charge in [0.2, 0.25) is 5.91 Å². The van der Waals surface area contributed by atoms with Gasteiger partial charge in [-0.1, -0.05) is 115 Å². The topological polar surface area (TPSA) is 226 Å². The van der Waals surface area contributed by atoms with E-state index in [2.05, 4.69) is 43.5 Å². The van der Waals surface area contributed by atoms with Gasteiger partial charge in [-0.25, -0.2) is 4.57 Å². The van der Waals surface area contributed by atoms with E-state index in [9.17, 15) is 50.0 Å². The summed E-state index contributed by atoms with van der Waals surface area (Å²) < 4.78 is 22.7. The summed E-state index contributed by atoms with van der Waals surface area (Å²) in [6.07, 6.45) is 11.4. The molecule has 1 saturated carbocycles. The van der Waals surface area contributed by atoms with Gasteiger partial charge in [-0.15, -0.1) is 0 Å². The van der Waals surface area contributed by atoms with Crippen LogP contribution >= 0.6 is 7.82 Å². The number of unbranched alkanes of at least 4 members (excludes halogenated alkanes) is 13. The lowest BCUT2D eigenvalue weighted by molar-refractivity contribution is -0.220. The Morgan fingerprint density at radius 3 is 1.74 bits per heavy atom. The van der Waals surface area contributed by atoms with E-state index in [4.69, 9.17) is 9.05 Å². The molecule has 8 unspecified atom stereocenters. The van der Waals surface area contributed by atoms with Crippen molar-refractivity contribution >= 4 is 13.7 Å². The highest BCUT2D eigenvalue weighted by atomic mass is 31.2. The normalized spacial score (nSPS) is 25.9. The minimum atomic E-state index is -5.10. The number of carbonyl (C=O) groups is 1. The molecule has 50 heavy (non-hydrogen) atoms. The molecule has 1 fully saturated rings. The Balaban J connectivity index is 2.61. The van der Waals surface area contributed by atoms with Gasteiger partial charge in [-0.3, -0.25) is 13.8 Å². The second kappa shape index (κ2) is 27.4. The van der Waals surface area contributed by atoms with Crippen LogP contribution in [-0.2, 0) is 18.4 Å². The lowest BCUT2D eigenvalue weighted by Gasteiger charge is -2.41. The highest BCUT2D eigenvalue weighted by Crippen LogP contribution is 2.47. The van der Waals surface area contributed by atoms with Crippen molar-refractivity contribution in [2.24, 2.45) is 0 Å². The van der Waals surface area contributed by atoms with Crippen molar-refractivity contribution in [3.05, 3.63) is 24.3 Å². The second-order valence-corrected chi connectivity index (χ2v) is 15.0. The third-order valence-electron chi connectivity index (χ3n) is 9.10. The first-order valence-corrected chi connectivity index (χ1v) is 20.4. The predicted octanol–water partition coefficient (Wildman–Crippen LogP) is 4.08. The number of hydrogen-bond acceptors (Lipinski definition) is 11. The molecular weight excluding hydrogens is 669 g/mol. The molecule has 0 aromatic heterocycles. The van der Waals surface area contributed by atoms with Crippen molar-refractivity contribution in [1.82, 2.24) is 5.32 Å². The molecule has 0 heterocycles. The van der Waals surface area contributed by atoms with Crippen LogP contribution in [0.3, 0.4) is 0 Å². The van der Waals surface area contributed by atoms with Gasteiger partial charge in [-0.05, 0) is 38.5 Å². The molecule has 0 aliphatic heterocycles. The van der Waals surface area contributed by atoms with Crippen molar-refractivity contribution in [1.29, 1.82) is 0 Å². The van der Waals surface area contributed by atoms with E-state index in [1.807, 2.05) is 0 Å². The van der Waals surface area contributed by atoms with Crippen molar-refractivity contribution in [3.8, 4) is 0 Å². The molecule has 0 aromatic rings. The molecule has 1 aliphatic carbocycles. The monoisotopic (exact) mass is 737 g/mol. The highest BCUT2D eigenvalue weighted by Gasteiger charge is 2.51. The molecule has 294 valence electrons. The van der Waals surface area contributed by atoms with E-state index in [0.29, 0.717) is 12.8 Å². The fourth-order valence-corrected chi connectivity index (χ4v) is 6.85. The highest BCUT2D eigenvalue weighted by molar-refractivity contribution is 7.47. The van der Waals surface area contributed by atoms with Crippen LogP contribution in [0.15, 0.2) is 24.3 Å². The molecule has 9 N–H and O–H groups in total. The van der Waals surface area contributed by atoms with Crippen LogP contribution in [-0.4, -0.2) is 108 Å². The third kappa shape index (κ3) is 20.1. The van der Waals surface area contributed by atoms with Crippen molar-refractivity contribution in [3.63, 3.8) is 0 Å². The number of carbonyl (C=O) groups excluding carboxylic acids is 1. The minimum Gasteiger partial charge on any atom is -0.393 e. The summed E-state index contributed by atoms with van der Waals surface area (Å²) >= 11 is 0. The van der Waals surface area contributed by atoms with Crippen LogP contribution in [0.4, 0.5) is 0 Å². The molecule has 0 bridgehead atoms. The predicted molar refractivity (Wildman–Crippen MR) is 192 cm³/mol. The lowest BCUT2D eigenvalue weighted by atomic mass is 9.85. The maximum absolute atomic E-state index is 12.9. The minimum absolute atomic E-state index is 0.236. The molecule has 1 amide bonds. The standard InChI is InChI=1S/C36H68NO12P/c1-3-5-7-9-11-12-13-14-15-16-18-19-21-23-27(38)25-30(40)37-28(29(39)24-22-20-17-10-8-6-4-2)26-48-50(46,47)49-36-34(44)32(42)31(41)33(43)35(36)45/h11-14,27-29,31-36,38-39,41-45H,3-10,15-26H2,1-2H3,(H,37,40)(H,46,47)/b12-11-,14-13-. The number of amides is 1. The zero-order chi connectivity index (χ0) is 37.4. The lowest BCUT2D eigenvalue weighted by Crippen LogP contribution is -2.64. The van der Waals surface area contributed by atoms with Crippen LogP contribution in [0.25, 0.3) is 0 Å². The summed E-state index contributed by atoms with van der Waals surface area (Å²) in [6.45, 7) is 3.63. The molecule has 13 nitrogen and oxygen atoms in total. The van der Waals surface area contributed by atoms with Crippen molar-refractivity contribution < 1.29 is 59.0 Å². The molecule has 14 heteroatoms. The Morgan fingerprint density at radius 2 is 1.16 bits per heavy atom. The molecule has 8 atom stereocenters. The van der Waals surface area contributed by atoms with Gasteiger partial charge in [0.05, 0.1) is 31.3 Å². The number of hydrogen-bond donors (Lipinski definition) is 9. The zero-order valence-corrected chi connectivity index (χ0v) is 31.2. The number of nitrogens with one attached hydrogen (secondary N) is 1. The quantitative estimate of drug-likeness (QED) is 0.0301. The Kier molecular flexibility index (Phi) is 25.6. The molecular formula is C36H68NO12P. The Bertz CT molecular complexity index is 969. The smallest absolute Gasteiger partial charge is 0.393 e. The van der Waals surface area contributed by atoms with Gasteiger partial charge in [-0.2, -0.15) is 0 Å². The van der Waals surface area contributed by atoms with E-state index in [0.717, 1.165) is 77.0 Å².